The number of carbonyl (C=O) groups excluding carboxylic acids is 1. The van der Waals surface area contributed by atoms with Gasteiger partial charge in [0.25, 0.3) is 5.56 Å². The molecule has 0 N–H and O–H groups in total. The third-order valence-corrected chi connectivity index (χ3v) is 6.57. The Kier molecular flexibility index (Phi) is 5.16. The zero-order valence-electron chi connectivity index (χ0n) is 16.6. The summed E-state index contributed by atoms with van der Waals surface area (Å²) in [6.45, 7) is 2.36. The summed E-state index contributed by atoms with van der Waals surface area (Å²) in [5.41, 5.74) is 0.985. The van der Waals surface area contributed by atoms with Crippen LogP contribution in [0.4, 0.5) is 0 Å². The van der Waals surface area contributed by atoms with Gasteiger partial charge in [-0.3, -0.25) is 14.2 Å². The number of ether oxygens (including phenoxy) is 2. The van der Waals surface area contributed by atoms with E-state index in [4.69, 9.17) is 9.47 Å². The van der Waals surface area contributed by atoms with Crippen LogP contribution in [0.25, 0.3) is 10.2 Å². The van der Waals surface area contributed by atoms with Gasteiger partial charge < -0.3 is 14.4 Å². The lowest BCUT2D eigenvalue weighted by molar-refractivity contribution is -0.132. The van der Waals surface area contributed by atoms with E-state index in [2.05, 4.69) is 4.98 Å². The first-order chi connectivity index (χ1) is 14.7. The van der Waals surface area contributed by atoms with Crippen molar-refractivity contribution >= 4 is 27.5 Å². The molecule has 1 atom stereocenters. The Balaban J connectivity index is 1.31. The monoisotopic (exact) mass is 425 g/mol. The normalized spacial score (nSPS) is 18.5. The Bertz CT molecular complexity index is 1140. The zero-order chi connectivity index (χ0) is 20.5. The van der Waals surface area contributed by atoms with E-state index in [1.54, 1.807) is 12.4 Å². The van der Waals surface area contributed by atoms with Gasteiger partial charge in [-0.05, 0) is 42.0 Å². The standard InChI is InChI=1S/C22H23N3O4S/c26-20(6-9-24-14-23-21-16(22(24)27)7-12-30-21)25-8-1-3-17(25)15-4-5-18-19(13-15)29-11-2-10-28-18/h4-5,7,12-14,17H,1-3,6,8-11H2/t17-/m0/s1. The summed E-state index contributed by atoms with van der Waals surface area (Å²) < 4.78 is 13.1. The smallest absolute Gasteiger partial charge is 0.262 e. The number of carbonyl (C=O) groups is 1. The van der Waals surface area contributed by atoms with Crippen LogP contribution in [0, 0.1) is 0 Å². The van der Waals surface area contributed by atoms with E-state index in [1.807, 2.05) is 28.5 Å². The predicted molar refractivity (Wildman–Crippen MR) is 114 cm³/mol. The molecule has 0 saturated carbocycles. The minimum absolute atomic E-state index is 0.0313. The Labute approximate surface area is 177 Å². The van der Waals surface area contributed by atoms with Crippen molar-refractivity contribution in [1.29, 1.82) is 0 Å². The fourth-order valence-corrected chi connectivity index (χ4v) is 4.93. The van der Waals surface area contributed by atoms with Crippen LogP contribution in [0.3, 0.4) is 0 Å². The van der Waals surface area contributed by atoms with E-state index in [-0.39, 0.29) is 23.9 Å². The largest absolute Gasteiger partial charge is 0.490 e. The van der Waals surface area contributed by atoms with Crippen LogP contribution in [0.5, 0.6) is 11.5 Å². The lowest BCUT2D eigenvalue weighted by Crippen LogP contribution is -2.32. The topological polar surface area (TPSA) is 73.7 Å². The third-order valence-electron chi connectivity index (χ3n) is 5.75. The molecular weight excluding hydrogens is 402 g/mol. The second-order valence-electron chi connectivity index (χ2n) is 7.63. The molecule has 30 heavy (non-hydrogen) atoms. The second-order valence-corrected chi connectivity index (χ2v) is 8.53. The highest BCUT2D eigenvalue weighted by Gasteiger charge is 2.30. The van der Waals surface area contributed by atoms with Gasteiger partial charge in [0.05, 0.1) is 31.0 Å². The molecule has 0 aliphatic carbocycles. The average Bonchev–Trinajstić information content (AvgIpc) is 3.38. The number of aromatic nitrogens is 2. The Morgan fingerprint density at radius 2 is 2.03 bits per heavy atom. The van der Waals surface area contributed by atoms with Crippen molar-refractivity contribution in [2.45, 2.75) is 38.3 Å². The van der Waals surface area contributed by atoms with Gasteiger partial charge in [-0.2, -0.15) is 0 Å². The summed E-state index contributed by atoms with van der Waals surface area (Å²) in [4.78, 5) is 32.5. The minimum atomic E-state index is -0.0880. The molecule has 156 valence electrons. The molecule has 8 heteroatoms. The number of thiophene rings is 1. The molecule has 1 amide bonds. The lowest BCUT2D eigenvalue weighted by Gasteiger charge is -2.26. The third kappa shape index (κ3) is 3.56. The number of likely N-dealkylation sites (tertiary alicyclic amines) is 1. The van der Waals surface area contributed by atoms with Gasteiger partial charge in [0.2, 0.25) is 5.91 Å². The first-order valence-electron chi connectivity index (χ1n) is 10.3. The summed E-state index contributed by atoms with van der Waals surface area (Å²) in [5, 5.41) is 2.47. The van der Waals surface area contributed by atoms with Gasteiger partial charge >= 0.3 is 0 Å². The number of nitrogens with zero attached hydrogens (tertiary/aromatic N) is 3. The average molecular weight is 426 g/mol. The highest BCUT2D eigenvalue weighted by atomic mass is 32.1. The minimum Gasteiger partial charge on any atom is -0.490 e. The van der Waals surface area contributed by atoms with Crippen LogP contribution in [0.1, 0.15) is 37.3 Å². The molecule has 7 nitrogen and oxygen atoms in total. The predicted octanol–water partition coefficient (Wildman–Crippen LogP) is 3.37. The number of hydrogen-bond donors (Lipinski definition) is 0. The van der Waals surface area contributed by atoms with Crippen LogP contribution >= 0.6 is 11.3 Å². The summed E-state index contributed by atoms with van der Waals surface area (Å²) >= 11 is 1.45. The van der Waals surface area contributed by atoms with Crippen molar-refractivity contribution < 1.29 is 14.3 Å². The molecule has 2 aromatic heterocycles. The summed E-state index contributed by atoms with van der Waals surface area (Å²) in [5.74, 6) is 1.58. The van der Waals surface area contributed by atoms with Crippen LogP contribution in [-0.4, -0.2) is 40.1 Å². The Hall–Kier alpha value is -2.87. The molecule has 2 aliphatic rings. The molecule has 1 fully saturated rings. The first kappa shape index (κ1) is 19.1. The molecule has 0 unspecified atom stereocenters. The SMILES string of the molecule is O=C(CCn1cnc2sccc2c1=O)N1CCC[C@H]1c1ccc2c(c1)OCCCO2. The molecule has 4 heterocycles. The van der Waals surface area contributed by atoms with Gasteiger partial charge in [-0.1, -0.05) is 6.07 Å². The first-order valence-corrected chi connectivity index (χ1v) is 11.2. The van der Waals surface area contributed by atoms with E-state index in [9.17, 15) is 9.59 Å². The molecule has 0 bridgehead atoms. The number of amides is 1. The molecule has 2 aliphatic heterocycles. The van der Waals surface area contributed by atoms with Crippen molar-refractivity contribution in [2.24, 2.45) is 0 Å². The maximum absolute atomic E-state index is 13.0. The molecular formula is C22H23N3O4S. The molecule has 3 aromatic rings. The van der Waals surface area contributed by atoms with Crippen molar-refractivity contribution in [3.8, 4) is 11.5 Å². The number of fused-ring (bicyclic) bond motifs is 2. The van der Waals surface area contributed by atoms with Crippen LogP contribution < -0.4 is 15.0 Å². The number of hydrogen-bond acceptors (Lipinski definition) is 6. The Morgan fingerprint density at radius 1 is 1.17 bits per heavy atom. The summed E-state index contributed by atoms with van der Waals surface area (Å²) in [6, 6.07) is 7.80. The maximum Gasteiger partial charge on any atom is 0.262 e. The van der Waals surface area contributed by atoms with E-state index in [0.29, 0.717) is 25.1 Å². The molecule has 1 aromatic carbocycles. The van der Waals surface area contributed by atoms with Crippen molar-refractivity contribution in [3.63, 3.8) is 0 Å². The number of benzene rings is 1. The van der Waals surface area contributed by atoms with Crippen molar-refractivity contribution in [1.82, 2.24) is 14.5 Å². The van der Waals surface area contributed by atoms with Gasteiger partial charge in [0.15, 0.2) is 11.5 Å². The van der Waals surface area contributed by atoms with Gasteiger partial charge in [0, 0.05) is 25.9 Å². The molecule has 5 rings (SSSR count). The quantitative estimate of drug-likeness (QED) is 0.641. The maximum atomic E-state index is 13.0. The van der Waals surface area contributed by atoms with Gasteiger partial charge in [0.1, 0.15) is 4.83 Å². The fraction of sp³-hybridized carbons (Fsp3) is 0.409. The number of rotatable bonds is 4. The zero-order valence-corrected chi connectivity index (χ0v) is 17.4. The van der Waals surface area contributed by atoms with Crippen LogP contribution in [0.2, 0.25) is 0 Å². The fourth-order valence-electron chi connectivity index (χ4n) is 4.21. The van der Waals surface area contributed by atoms with E-state index in [1.165, 1.54) is 15.9 Å². The highest BCUT2D eigenvalue weighted by Crippen LogP contribution is 2.38. The van der Waals surface area contributed by atoms with Crippen LogP contribution in [0.15, 0.2) is 40.8 Å². The van der Waals surface area contributed by atoms with Crippen LogP contribution in [-0.2, 0) is 11.3 Å². The summed E-state index contributed by atoms with van der Waals surface area (Å²) in [6.07, 6.45) is 4.57. The molecule has 0 spiro atoms. The molecule has 0 radical (unpaired) electrons. The molecule has 1 saturated heterocycles. The van der Waals surface area contributed by atoms with Crippen molar-refractivity contribution in [2.75, 3.05) is 19.8 Å². The Morgan fingerprint density at radius 3 is 2.93 bits per heavy atom. The van der Waals surface area contributed by atoms with Crippen molar-refractivity contribution in [3.05, 3.63) is 51.9 Å². The number of aryl methyl sites for hydroxylation is 1. The van der Waals surface area contributed by atoms with E-state index >= 15 is 0 Å². The van der Waals surface area contributed by atoms with Gasteiger partial charge in [-0.25, -0.2) is 4.98 Å². The second kappa shape index (κ2) is 8.10. The summed E-state index contributed by atoms with van der Waals surface area (Å²) in [7, 11) is 0. The lowest BCUT2D eigenvalue weighted by atomic mass is 10.0. The van der Waals surface area contributed by atoms with E-state index in [0.717, 1.165) is 47.7 Å². The van der Waals surface area contributed by atoms with Gasteiger partial charge in [-0.15, -0.1) is 11.3 Å². The van der Waals surface area contributed by atoms with E-state index < -0.39 is 0 Å². The highest BCUT2D eigenvalue weighted by molar-refractivity contribution is 7.16.